The van der Waals surface area contributed by atoms with Gasteiger partial charge >= 0.3 is 11.9 Å². The first-order chi connectivity index (χ1) is 9.15. The van der Waals surface area contributed by atoms with Gasteiger partial charge in [-0.15, -0.1) is 0 Å². The van der Waals surface area contributed by atoms with E-state index in [1.165, 1.54) is 0 Å². The lowest BCUT2D eigenvalue weighted by Crippen LogP contribution is -2.12. The zero-order valence-electron chi connectivity index (χ0n) is 11.5. The van der Waals surface area contributed by atoms with Crippen molar-refractivity contribution >= 4 is 11.9 Å². The molecule has 0 aliphatic carbocycles. The smallest absolute Gasteiger partial charge is 0.311 e. The summed E-state index contributed by atoms with van der Waals surface area (Å²) in [5.41, 5.74) is 1.10. The summed E-state index contributed by atoms with van der Waals surface area (Å²) in [4.78, 5) is 22.8. The van der Waals surface area contributed by atoms with Crippen LogP contribution in [0.2, 0.25) is 0 Å². The van der Waals surface area contributed by atoms with Gasteiger partial charge in [0.1, 0.15) is 5.75 Å². The Morgan fingerprint density at radius 2 is 1.84 bits per heavy atom. The zero-order chi connectivity index (χ0) is 14.1. The van der Waals surface area contributed by atoms with Gasteiger partial charge in [0.05, 0.1) is 19.4 Å². The van der Waals surface area contributed by atoms with Gasteiger partial charge in [-0.1, -0.05) is 26.0 Å². The second-order valence-electron chi connectivity index (χ2n) is 4.20. The molecule has 0 bridgehead atoms. The number of carbonyl (C=O) groups excluding carboxylic acids is 2. The first-order valence-electron chi connectivity index (χ1n) is 6.61. The van der Waals surface area contributed by atoms with Crippen LogP contribution >= 0.6 is 0 Å². The number of hydrogen-bond donors (Lipinski definition) is 0. The first-order valence-corrected chi connectivity index (χ1v) is 6.61. The maximum atomic E-state index is 11.6. The highest BCUT2D eigenvalue weighted by molar-refractivity contribution is 5.79. The van der Waals surface area contributed by atoms with Crippen LogP contribution in [-0.4, -0.2) is 18.5 Å². The summed E-state index contributed by atoms with van der Waals surface area (Å²) < 4.78 is 10.0. The van der Waals surface area contributed by atoms with Crippen LogP contribution in [0.25, 0.3) is 0 Å². The van der Waals surface area contributed by atoms with Gasteiger partial charge in [-0.25, -0.2) is 0 Å². The molecule has 0 heterocycles. The van der Waals surface area contributed by atoms with Crippen molar-refractivity contribution in [1.29, 1.82) is 0 Å². The number of benzene rings is 1. The van der Waals surface area contributed by atoms with E-state index in [9.17, 15) is 9.59 Å². The van der Waals surface area contributed by atoms with Crippen molar-refractivity contribution in [3.63, 3.8) is 0 Å². The Hall–Kier alpha value is -1.84. The lowest BCUT2D eigenvalue weighted by molar-refractivity contribution is -0.146. The molecule has 0 N–H and O–H groups in total. The van der Waals surface area contributed by atoms with E-state index >= 15 is 0 Å². The monoisotopic (exact) mass is 264 g/mol. The van der Waals surface area contributed by atoms with Crippen LogP contribution in [0.3, 0.4) is 0 Å². The molecule has 1 rings (SSSR count). The van der Waals surface area contributed by atoms with Crippen LogP contribution in [0.5, 0.6) is 5.75 Å². The van der Waals surface area contributed by atoms with E-state index < -0.39 is 5.97 Å². The van der Waals surface area contributed by atoms with Crippen molar-refractivity contribution in [2.45, 2.75) is 39.5 Å². The molecule has 4 nitrogen and oxygen atoms in total. The van der Waals surface area contributed by atoms with Crippen LogP contribution in [0.15, 0.2) is 24.3 Å². The van der Waals surface area contributed by atoms with Crippen molar-refractivity contribution < 1.29 is 19.1 Å². The molecule has 0 atom stereocenters. The fourth-order valence-electron chi connectivity index (χ4n) is 1.50. The van der Waals surface area contributed by atoms with Crippen LogP contribution in [0, 0.1) is 0 Å². The Morgan fingerprint density at radius 3 is 2.53 bits per heavy atom. The van der Waals surface area contributed by atoms with Crippen molar-refractivity contribution in [2.75, 3.05) is 6.61 Å². The molecule has 0 aliphatic rings. The molecule has 0 saturated carbocycles. The van der Waals surface area contributed by atoms with Crippen molar-refractivity contribution in [3.05, 3.63) is 29.8 Å². The van der Waals surface area contributed by atoms with Crippen molar-refractivity contribution in [1.82, 2.24) is 0 Å². The third kappa shape index (κ3) is 6.04. The van der Waals surface area contributed by atoms with Crippen LogP contribution in [-0.2, 0) is 20.7 Å². The molecule has 0 aliphatic heterocycles. The Morgan fingerprint density at radius 1 is 1.11 bits per heavy atom. The molecule has 0 amide bonds. The number of rotatable bonds is 7. The second-order valence-corrected chi connectivity index (χ2v) is 4.20. The molecule has 104 valence electrons. The second kappa shape index (κ2) is 8.29. The van der Waals surface area contributed by atoms with Gasteiger partial charge in [-0.2, -0.15) is 0 Å². The van der Waals surface area contributed by atoms with Crippen LogP contribution in [0.4, 0.5) is 0 Å². The first kappa shape index (κ1) is 15.2. The third-order valence-corrected chi connectivity index (χ3v) is 2.54. The van der Waals surface area contributed by atoms with Gasteiger partial charge in [0.25, 0.3) is 0 Å². The van der Waals surface area contributed by atoms with E-state index in [1.54, 1.807) is 6.07 Å². The summed E-state index contributed by atoms with van der Waals surface area (Å²) in [5, 5.41) is 0. The summed E-state index contributed by atoms with van der Waals surface area (Å²) in [6.45, 7) is 4.35. The molecule has 0 aromatic heterocycles. The van der Waals surface area contributed by atoms with Crippen molar-refractivity contribution in [3.8, 4) is 5.75 Å². The quantitative estimate of drug-likeness (QED) is 0.561. The van der Waals surface area contributed by atoms with Gasteiger partial charge in [-0.3, -0.25) is 9.59 Å². The lowest BCUT2D eigenvalue weighted by atomic mass is 10.2. The molecule has 0 spiro atoms. The maximum absolute atomic E-state index is 11.6. The predicted octanol–water partition coefficient (Wildman–Crippen LogP) is 2.89. The molecule has 0 unspecified atom stereocenters. The molecular formula is C15H20O4. The Labute approximate surface area is 113 Å². The standard InChI is InChI=1S/C15H20O4/c1-3-10-18-14(16)8-9-15(17)19-13-7-5-6-12(4-2)11-13/h5-7,11H,3-4,8-10H2,1-2H3. The average molecular weight is 264 g/mol. The largest absolute Gasteiger partial charge is 0.466 e. The average Bonchev–Trinajstić information content (AvgIpc) is 2.43. The normalized spacial score (nSPS) is 10.0. The van der Waals surface area contributed by atoms with E-state index in [4.69, 9.17) is 9.47 Å². The van der Waals surface area contributed by atoms with E-state index in [1.807, 2.05) is 32.0 Å². The van der Waals surface area contributed by atoms with Crippen LogP contribution in [0.1, 0.15) is 38.7 Å². The molecule has 0 saturated heterocycles. The van der Waals surface area contributed by atoms with Gasteiger partial charge in [0.15, 0.2) is 0 Å². The Bertz CT molecular complexity index is 426. The number of ether oxygens (including phenoxy) is 2. The van der Waals surface area contributed by atoms with Gasteiger partial charge < -0.3 is 9.47 Å². The zero-order valence-corrected chi connectivity index (χ0v) is 11.5. The summed E-state index contributed by atoms with van der Waals surface area (Å²) in [5.74, 6) is -0.255. The molecule has 0 fully saturated rings. The molecule has 1 aromatic rings. The molecule has 19 heavy (non-hydrogen) atoms. The molecule has 1 aromatic carbocycles. The number of carbonyl (C=O) groups is 2. The Balaban J connectivity index is 2.36. The van der Waals surface area contributed by atoms with Gasteiger partial charge in [0, 0.05) is 0 Å². The fourth-order valence-corrected chi connectivity index (χ4v) is 1.50. The highest BCUT2D eigenvalue weighted by Gasteiger charge is 2.10. The Kier molecular flexibility index (Phi) is 6.64. The highest BCUT2D eigenvalue weighted by atomic mass is 16.5. The fraction of sp³-hybridized carbons (Fsp3) is 0.467. The van der Waals surface area contributed by atoms with Gasteiger partial charge in [-0.05, 0) is 30.5 Å². The summed E-state index contributed by atoms with van der Waals surface area (Å²) in [6.07, 6.45) is 1.76. The van der Waals surface area contributed by atoms with E-state index in [0.717, 1.165) is 18.4 Å². The lowest BCUT2D eigenvalue weighted by Gasteiger charge is -2.06. The number of hydrogen-bond acceptors (Lipinski definition) is 4. The van der Waals surface area contributed by atoms with E-state index in [-0.39, 0.29) is 18.8 Å². The highest BCUT2D eigenvalue weighted by Crippen LogP contribution is 2.14. The number of aryl methyl sites for hydroxylation is 1. The van der Waals surface area contributed by atoms with E-state index in [2.05, 4.69) is 0 Å². The van der Waals surface area contributed by atoms with Crippen molar-refractivity contribution in [2.24, 2.45) is 0 Å². The minimum atomic E-state index is -0.415. The van der Waals surface area contributed by atoms with Gasteiger partial charge in [0.2, 0.25) is 0 Å². The van der Waals surface area contributed by atoms with Crippen LogP contribution < -0.4 is 4.74 Å². The molecular weight excluding hydrogens is 244 g/mol. The minimum absolute atomic E-state index is 0.0406. The SMILES string of the molecule is CCCOC(=O)CCC(=O)Oc1cccc(CC)c1. The summed E-state index contributed by atoms with van der Waals surface area (Å²) in [7, 11) is 0. The summed E-state index contributed by atoms with van der Waals surface area (Å²) >= 11 is 0. The number of esters is 2. The predicted molar refractivity (Wildman–Crippen MR) is 71.9 cm³/mol. The summed E-state index contributed by atoms with van der Waals surface area (Å²) in [6, 6.07) is 7.37. The topological polar surface area (TPSA) is 52.6 Å². The third-order valence-electron chi connectivity index (χ3n) is 2.54. The minimum Gasteiger partial charge on any atom is -0.466 e. The molecule has 4 heteroatoms. The molecule has 0 radical (unpaired) electrons. The maximum Gasteiger partial charge on any atom is 0.311 e. The van der Waals surface area contributed by atoms with E-state index in [0.29, 0.717) is 12.4 Å².